The van der Waals surface area contributed by atoms with E-state index in [0.29, 0.717) is 5.92 Å². The molecule has 152 valence electrons. The number of likely N-dealkylation sites (tertiary alicyclic amines) is 1. The monoisotopic (exact) mass is 367 g/mol. The molecule has 5 heteroatoms. The molecular weight excluding hydrogens is 326 g/mol. The summed E-state index contributed by atoms with van der Waals surface area (Å²) < 4.78 is 5.83. The molecule has 0 bridgehead atoms. The van der Waals surface area contributed by atoms with Crippen molar-refractivity contribution in [2.75, 3.05) is 32.7 Å². The average Bonchev–Trinajstić information content (AvgIpc) is 2.55. The van der Waals surface area contributed by atoms with E-state index in [1.165, 1.54) is 38.8 Å². The van der Waals surface area contributed by atoms with Crippen LogP contribution < -0.4 is 5.32 Å². The number of unbranched alkanes of at least 4 members (excludes halogenated alkanes) is 1. The number of carbonyl (C=O) groups excluding carboxylic acids is 1. The summed E-state index contributed by atoms with van der Waals surface area (Å²) in [6.07, 6.45) is 6.68. The van der Waals surface area contributed by atoms with Crippen molar-refractivity contribution in [2.45, 2.75) is 91.0 Å². The van der Waals surface area contributed by atoms with E-state index in [0.717, 1.165) is 32.1 Å². The Kier molecular flexibility index (Phi) is 8.85. The quantitative estimate of drug-likeness (QED) is 0.670. The lowest BCUT2D eigenvalue weighted by atomic mass is 9.99. The summed E-state index contributed by atoms with van der Waals surface area (Å²) in [6.45, 7) is 15.7. The zero-order valence-corrected chi connectivity index (χ0v) is 17.7. The number of hydrogen-bond donors (Lipinski definition) is 1. The van der Waals surface area contributed by atoms with Gasteiger partial charge in [-0.3, -0.25) is 9.69 Å². The van der Waals surface area contributed by atoms with Crippen LogP contribution in [0.15, 0.2) is 0 Å². The van der Waals surface area contributed by atoms with Crippen molar-refractivity contribution < 1.29 is 9.53 Å². The maximum Gasteiger partial charge on any atom is 0.237 e. The largest absolute Gasteiger partial charge is 0.373 e. The highest BCUT2D eigenvalue weighted by Gasteiger charge is 2.33. The minimum absolute atomic E-state index is 0.0501. The van der Waals surface area contributed by atoms with E-state index in [4.69, 9.17) is 4.74 Å². The lowest BCUT2D eigenvalue weighted by Crippen LogP contribution is -2.57. The molecule has 4 unspecified atom stereocenters. The maximum absolute atomic E-state index is 12.8. The zero-order valence-electron chi connectivity index (χ0n) is 17.7. The molecule has 2 rings (SSSR count). The molecule has 0 radical (unpaired) electrons. The Morgan fingerprint density at radius 1 is 1.12 bits per heavy atom. The fourth-order valence-corrected chi connectivity index (χ4v) is 4.58. The van der Waals surface area contributed by atoms with Gasteiger partial charge in [0.05, 0.1) is 18.2 Å². The molecular formula is C21H41N3O2. The van der Waals surface area contributed by atoms with Gasteiger partial charge in [-0.25, -0.2) is 0 Å². The molecule has 0 saturated carbocycles. The van der Waals surface area contributed by atoms with Crippen LogP contribution in [0.3, 0.4) is 0 Å². The van der Waals surface area contributed by atoms with Crippen LogP contribution in [-0.4, -0.2) is 72.7 Å². The number of hydrogen-bond acceptors (Lipinski definition) is 4. The van der Waals surface area contributed by atoms with Crippen LogP contribution in [0.25, 0.3) is 0 Å². The summed E-state index contributed by atoms with van der Waals surface area (Å²) >= 11 is 0. The Bertz CT molecular complexity index is 419. The second-order valence-electron chi connectivity index (χ2n) is 8.78. The molecule has 0 aromatic rings. The Balaban J connectivity index is 1.72. The van der Waals surface area contributed by atoms with E-state index in [1.807, 2.05) is 0 Å². The molecule has 0 aromatic carbocycles. The van der Waals surface area contributed by atoms with E-state index < -0.39 is 0 Å². The molecule has 0 aliphatic carbocycles. The molecule has 4 atom stereocenters. The van der Waals surface area contributed by atoms with Crippen molar-refractivity contribution >= 4 is 5.91 Å². The van der Waals surface area contributed by atoms with E-state index in [1.54, 1.807) is 0 Å². The Labute approximate surface area is 160 Å². The van der Waals surface area contributed by atoms with Crippen molar-refractivity contribution in [3.63, 3.8) is 0 Å². The number of ether oxygens (including phenoxy) is 1. The van der Waals surface area contributed by atoms with Crippen molar-refractivity contribution in [1.82, 2.24) is 15.1 Å². The Morgan fingerprint density at radius 3 is 2.42 bits per heavy atom. The van der Waals surface area contributed by atoms with Crippen LogP contribution in [0.5, 0.6) is 0 Å². The highest BCUT2D eigenvalue weighted by Crippen LogP contribution is 2.19. The first-order chi connectivity index (χ1) is 12.4. The lowest BCUT2D eigenvalue weighted by Gasteiger charge is -2.41. The molecule has 0 spiro atoms. The molecule has 26 heavy (non-hydrogen) atoms. The number of amides is 1. The van der Waals surface area contributed by atoms with Gasteiger partial charge < -0.3 is 15.0 Å². The van der Waals surface area contributed by atoms with Gasteiger partial charge in [0.1, 0.15) is 0 Å². The topological polar surface area (TPSA) is 44.8 Å². The van der Waals surface area contributed by atoms with Gasteiger partial charge in [0.25, 0.3) is 0 Å². The summed E-state index contributed by atoms with van der Waals surface area (Å²) in [5.41, 5.74) is 0. The van der Waals surface area contributed by atoms with Crippen LogP contribution in [0.4, 0.5) is 0 Å². The van der Waals surface area contributed by atoms with E-state index in [-0.39, 0.29) is 24.2 Å². The Morgan fingerprint density at radius 2 is 1.81 bits per heavy atom. The van der Waals surface area contributed by atoms with Crippen molar-refractivity contribution in [3.8, 4) is 0 Å². The van der Waals surface area contributed by atoms with E-state index >= 15 is 0 Å². The third kappa shape index (κ3) is 6.50. The molecule has 2 heterocycles. The van der Waals surface area contributed by atoms with E-state index in [9.17, 15) is 4.79 Å². The standard InChI is InChI=1S/C21H41N3O2/c1-16(2)20(24-14-18(4)26-19(5)15-24)21(25)22-11-7-9-13-23-12-8-6-10-17(23)3/h16-20H,6-15H2,1-5H3,(H,22,25). The first kappa shape index (κ1) is 21.6. The summed E-state index contributed by atoms with van der Waals surface area (Å²) in [5, 5.41) is 3.20. The third-order valence-corrected chi connectivity index (χ3v) is 5.85. The second-order valence-corrected chi connectivity index (χ2v) is 8.78. The predicted molar refractivity (Wildman–Crippen MR) is 107 cm³/mol. The number of piperidine rings is 1. The average molecular weight is 368 g/mol. The van der Waals surface area contributed by atoms with Gasteiger partial charge in [0.15, 0.2) is 0 Å². The third-order valence-electron chi connectivity index (χ3n) is 5.85. The van der Waals surface area contributed by atoms with Crippen molar-refractivity contribution in [3.05, 3.63) is 0 Å². The van der Waals surface area contributed by atoms with E-state index in [2.05, 4.69) is 49.7 Å². The molecule has 5 nitrogen and oxygen atoms in total. The fourth-order valence-electron chi connectivity index (χ4n) is 4.58. The number of nitrogens with zero attached hydrogens (tertiary/aromatic N) is 2. The minimum atomic E-state index is -0.0501. The maximum atomic E-state index is 12.8. The van der Waals surface area contributed by atoms with Crippen LogP contribution in [0.2, 0.25) is 0 Å². The highest BCUT2D eigenvalue weighted by atomic mass is 16.5. The van der Waals surface area contributed by atoms with Crippen LogP contribution in [-0.2, 0) is 9.53 Å². The second kappa shape index (κ2) is 10.6. The number of nitrogens with one attached hydrogen (secondary N) is 1. The van der Waals surface area contributed by atoms with Crippen molar-refractivity contribution in [1.29, 1.82) is 0 Å². The van der Waals surface area contributed by atoms with Crippen LogP contribution >= 0.6 is 0 Å². The highest BCUT2D eigenvalue weighted by molar-refractivity contribution is 5.82. The van der Waals surface area contributed by atoms with Gasteiger partial charge in [-0.1, -0.05) is 20.3 Å². The van der Waals surface area contributed by atoms with Gasteiger partial charge in [0, 0.05) is 25.7 Å². The van der Waals surface area contributed by atoms with Crippen LogP contribution in [0, 0.1) is 5.92 Å². The fraction of sp³-hybridized carbons (Fsp3) is 0.952. The van der Waals surface area contributed by atoms with Crippen molar-refractivity contribution in [2.24, 2.45) is 5.92 Å². The van der Waals surface area contributed by atoms with Gasteiger partial charge in [-0.2, -0.15) is 0 Å². The number of rotatable bonds is 8. The minimum Gasteiger partial charge on any atom is -0.373 e. The van der Waals surface area contributed by atoms with Gasteiger partial charge in [0.2, 0.25) is 5.91 Å². The molecule has 1 amide bonds. The van der Waals surface area contributed by atoms with Gasteiger partial charge in [-0.15, -0.1) is 0 Å². The Hall–Kier alpha value is -0.650. The zero-order chi connectivity index (χ0) is 19.1. The molecule has 0 aromatic heterocycles. The molecule has 2 saturated heterocycles. The first-order valence-electron chi connectivity index (χ1n) is 10.8. The van der Waals surface area contributed by atoms with Gasteiger partial charge >= 0.3 is 0 Å². The predicted octanol–water partition coefficient (Wildman–Crippen LogP) is 2.89. The molecule has 1 N–H and O–H groups in total. The number of carbonyl (C=O) groups is 1. The first-order valence-corrected chi connectivity index (χ1v) is 10.8. The summed E-state index contributed by atoms with van der Waals surface area (Å²) in [4.78, 5) is 17.7. The summed E-state index contributed by atoms with van der Waals surface area (Å²) in [6, 6.07) is 0.680. The lowest BCUT2D eigenvalue weighted by molar-refractivity contribution is -0.135. The van der Waals surface area contributed by atoms with Crippen LogP contribution in [0.1, 0.15) is 66.7 Å². The number of morpholine rings is 1. The SMILES string of the molecule is CC1CN(C(C(=O)NCCCCN2CCCCC2C)C(C)C)CC(C)O1. The summed E-state index contributed by atoms with van der Waals surface area (Å²) in [5.74, 6) is 0.495. The normalized spacial score (nSPS) is 29.7. The molecule has 2 aliphatic heterocycles. The van der Waals surface area contributed by atoms with Gasteiger partial charge in [-0.05, 0) is 65.5 Å². The molecule has 2 aliphatic rings. The summed E-state index contributed by atoms with van der Waals surface area (Å²) in [7, 11) is 0. The molecule has 2 fully saturated rings. The smallest absolute Gasteiger partial charge is 0.237 e.